The van der Waals surface area contributed by atoms with Crippen LogP contribution in [0.5, 0.6) is 0 Å². The Labute approximate surface area is 97.8 Å². The number of nitrogens with two attached hydrogens (primary N) is 1. The molecule has 0 aliphatic rings. The maximum Gasteiger partial charge on any atom is 0.322 e. The number of nitrogen functional groups attached to an aromatic ring is 1. The van der Waals surface area contributed by atoms with Crippen LogP contribution < -0.4 is 5.73 Å². The van der Waals surface area contributed by atoms with Gasteiger partial charge in [0.05, 0.1) is 4.92 Å². The van der Waals surface area contributed by atoms with Crippen molar-refractivity contribution in [2.45, 2.75) is 31.7 Å². The number of thioether (sulfide) groups is 1. The minimum absolute atomic E-state index is 0.0321. The maximum atomic E-state index is 10.9. The number of anilines is 1. The molecule has 0 atom stereocenters. The molecular weight excluding hydrogens is 228 g/mol. The zero-order chi connectivity index (χ0) is 12.1. The summed E-state index contributed by atoms with van der Waals surface area (Å²) in [6.07, 6.45) is 2.03. The second-order valence-corrected chi connectivity index (χ2v) is 4.36. The molecule has 1 aromatic rings. The Bertz CT molecular complexity index is 397. The Morgan fingerprint density at radius 3 is 2.75 bits per heavy atom. The summed E-state index contributed by atoms with van der Waals surface area (Å²) in [4.78, 5) is 18.1. The molecule has 88 valence electrons. The van der Waals surface area contributed by atoms with Gasteiger partial charge < -0.3 is 5.73 Å². The fourth-order valence-corrected chi connectivity index (χ4v) is 2.33. The molecule has 6 nitrogen and oxygen atoms in total. The molecule has 1 aromatic heterocycles. The van der Waals surface area contributed by atoms with Crippen LogP contribution >= 0.6 is 11.8 Å². The number of rotatable bonds is 5. The number of hydrogen-bond acceptors (Lipinski definition) is 6. The molecule has 1 heterocycles. The molecule has 0 aliphatic heterocycles. The fraction of sp³-hybridized carbons (Fsp3) is 0.556. The van der Waals surface area contributed by atoms with Crippen molar-refractivity contribution in [1.82, 2.24) is 9.97 Å². The Balaban J connectivity index is 2.99. The largest absolute Gasteiger partial charge is 0.368 e. The fourth-order valence-electron chi connectivity index (χ4n) is 1.19. The maximum absolute atomic E-state index is 10.9. The van der Waals surface area contributed by atoms with Gasteiger partial charge in [0, 0.05) is 0 Å². The van der Waals surface area contributed by atoms with E-state index in [-0.39, 0.29) is 11.6 Å². The molecule has 0 unspecified atom stereocenters. The average molecular weight is 242 g/mol. The van der Waals surface area contributed by atoms with Gasteiger partial charge in [0.2, 0.25) is 5.95 Å². The number of unbranched alkanes of at least 4 members (excludes halogenated alkanes) is 1. The normalized spacial score (nSPS) is 10.4. The smallest absolute Gasteiger partial charge is 0.322 e. The highest BCUT2D eigenvalue weighted by Crippen LogP contribution is 2.30. The van der Waals surface area contributed by atoms with Gasteiger partial charge >= 0.3 is 5.69 Å². The average Bonchev–Trinajstić information content (AvgIpc) is 2.16. The van der Waals surface area contributed by atoms with Crippen molar-refractivity contribution in [2.24, 2.45) is 0 Å². The van der Waals surface area contributed by atoms with Gasteiger partial charge in [0.15, 0.2) is 5.03 Å². The molecule has 0 bridgehead atoms. The van der Waals surface area contributed by atoms with E-state index in [2.05, 4.69) is 16.9 Å². The first-order chi connectivity index (χ1) is 7.56. The highest BCUT2D eigenvalue weighted by atomic mass is 32.2. The third kappa shape index (κ3) is 3.06. The van der Waals surface area contributed by atoms with E-state index in [1.54, 1.807) is 6.92 Å². The molecule has 0 aromatic carbocycles. The van der Waals surface area contributed by atoms with Crippen LogP contribution in [-0.2, 0) is 0 Å². The van der Waals surface area contributed by atoms with Crippen LogP contribution in [0.1, 0.15) is 25.5 Å². The predicted molar refractivity (Wildman–Crippen MR) is 63.5 cm³/mol. The van der Waals surface area contributed by atoms with Gasteiger partial charge in [-0.1, -0.05) is 25.1 Å². The van der Waals surface area contributed by atoms with Crippen LogP contribution in [0.15, 0.2) is 5.03 Å². The number of hydrogen-bond donors (Lipinski definition) is 1. The lowest BCUT2D eigenvalue weighted by molar-refractivity contribution is -0.389. The summed E-state index contributed by atoms with van der Waals surface area (Å²) in [6, 6.07) is 0. The number of nitro groups is 1. The Hall–Kier alpha value is -1.37. The van der Waals surface area contributed by atoms with Crippen molar-refractivity contribution >= 4 is 23.4 Å². The summed E-state index contributed by atoms with van der Waals surface area (Å²) >= 11 is 1.36. The molecule has 0 radical (unpaired) electrons. The molecule has 2 N–H and O–H groups in total. The van der Waals surface area contributed by atoms with E-state index in [0.29, 0.717) is 10.7 Å². The monoisotopic (exact) mass is 242 g/mol. The van der Waals surface area contributed by atoms with Gasteiger partial charge in [-0.15, -0.1) is 0 Å². The van der Waals surface area contributed by atoms with Gasteiger partial charge in [-0.2, -0.15) is 4.98 Å². The molecule has 7 heteroatoms. The summed E-state index contributed by atoms with van der Waals surface area (Å²) in [7, 11) is 0. The lowest BCUT2D eigenvalue weighted by atomic mass is 10.4. The molecule has 0 saturated carbocycles. The first-order valence-corrected chi connectivity index (χ1v) is 5.96. The SMILES string of the molecule is CCCCSc1nc(N)nc(C)c1[N+](=O)[O-]. The first kappa shape index (κ1) is 12.7. The van der Waals surface area contributed by atoms with Gasteiger partial charge in [0.25, 0.3) is 0 Å². The van der Waals surface area contributed by atoms with Crippen molar-refractivity contribution in [3.8, 4) is 0 Å². The molecule has 0 fully saturated rings. The first-order valence-electron chi connectivity index (χ1n) is 4.97. The van der Waals surface area contributed by atoms with E-state index in [1.165, 1.54) is 11.8 Å². The summed E-state index contributed by atoms with van der Waals surface area (Å²) in [5.41, 5.74) is 5.76. The molecule has 0 saturated heterocycles. The molecular formula is C9H14N4O2S. The standard InChI is InChI=1S/C9H14N4O2S/c1-3-4-5-16-8-7(13(14)15)6(2)11-9(10)12-8/h3-5H2,1-2H3,(H2,10,11,12). The van der Waals surface area contributed by atoms with E-state index in [0.717, 1.165) is 18.6 Å². The van der Waals surface area contributed by atoms with Gasteiger partial charge in [-0.3, -0.25) is 10.1 Å². The summed E-state index contributed by atoms with van der Waals surface area (Å²) in [5, 5.41) is 11.2. The van der Waals surface area contributed by atoms with Crippen LogP contribution in [0.25, 0.3) is 0 Å². The second-order valence-electron chi connectivity index (χ2n) is 3.28. The minimum atomic E-state index is -0.455. The lowest BCUT2D eigenvalue weighted by Gasteiger charge is -2.04. The molecule has 0 amide bonds. The zero-order valence-corrected chi connectivity index (χ0v) is 10.1. The topological polar surface area (TPSA) is 94.9 Å². The Kier molecular flexibility index (Phi) is 4.48. The third-order valence-corrected chi connectivity index (χ3v) is 3.01. The van der Waals surface area contributed by atoms with Gasteiger partial charge in [-0.25, -0.2) is 4.98 Å². The van der Waals surface area contributed by atoms with Crippen molar-refractivity contribution in [1.29, 1.82) is 0 Å². The highest BCUT2D eigenvalue weighted by Gasteiger charge is 2.21. The lowest BCUT2D eigenvalue weighted by Crippen LogP contribution is -2.04. The van der Waals surface area contributed by atoms with Crippen molar-refractivity contribution in [3.63, 3.8) is 0 Å². The molecule has 16 heavy (non-hydrogen) atoms. The minimum Gasteiger partial charge on any atom is -0.368 e. The van der Waals surface area contributed by atoms with Gasteiger partial charge in [-0.05, 0) is 19.1 Å². The summed E-state index contributed by atoms with van der Waals surface area (Å²) in [6.45, 7) is 3.63. The summed E-state index contributed by atoms with van der Waals surface area (Å²) < 4.78 is 0. The second kappa shape index (κ2) is 5.64. The van der Waals surface area contributed by atoms with E-state index >= 15 is 0 Å². The van der Waals surface area contributed by atoms with E-state index in [9.17, 15) is 10.1 Å². The number of aromatic nitrogens is 2. The Morgan fingerprint density at radius 1 is 1.50 bits per heavy atom. The third-order valence-electron chi connectivity index (χ3n) is 1.96. The van der Waals surface area contributed by atoms with Crippen LogP contribution in [0.3, 0.4) is 0 Å². The quantitative estimate of drug-likeness (QED) is 0.279. The summed E-state index contributed by atoms with van der Waals surface area (Å²) in [5.74, 6) is 0.884. The number of aryl methyl sites for hydroxylation is 1. The van der Waals surface area contributed by atoms with Crippen LogP contribution in [0, 0.1) is 17.0 Å². The van der Waals surface area contributed by atoms with Crippen molar-refractivity contribution in [2.75, 3.05) is 11.5 Å². The van der Waals surface area contributed by atoms with Crippen molar-refractivity contribution in [3.05, 3.63) is 15.8 Å². The van der Waals surface area contributed by atoms with Gasteiger partial charge in [0.1, 0.15) is 5.69 Å². The number of nitrogens with zero attached hydrogens (tertiary/aromatic N) is 3. The zero-order valence-electron chi connectivity index (χ0n) is 9.27. The molecule has 1 rings (SSSR count). The molecule has 0 spiro atoms. The Morgan fingerprint density at radius 2 is 2.19 bits per heavy atom. The van der Waals surface area contributed by atoms with Crippen LogP contribution in [0.2, 0.25) is 0 Å². The van der Waals surface area contributed by atoms with Crippen molar-refractivity contribution < 1.29 is 4.92 Å². The van der Waals surface area contributed by atoms with Crippen LogP contribution in [-0.4, -0.2) is 20.6 Å². The molecule has 0 aliphatic carbocycles. The predicted octanol–water partition coefficient (Wildman–Crippen LogP) is 2.17. The van der Waals surface area contributed by atoms with E-state index in [4.69, 9.17) is 5.73 Å². The highest BCUT2D eigenvalue weighted by molar-refractivity contribution is 7.99. The van der Waals surface area contributed by atoms with E-state index < -0.39 is 4.92 Å². The van der Waals surface area contributed by atoms with Crippen LogP contribution in [0.4, 0.5) is 11.6 Å². The van der Waals surface area contributed by atoms with E-state index in [1.807, 2.05) is 0 Å².